The van der Waals surface area contributed by atoms with Crippen LogP contribution in [0.5, 0.6) is 0 Å². The smallest absolute Gasteiger partial charge is 0.270 e. The number of ether oxygens (including phenoxy) is 2. The number of thiophene rings is 1. The lowest BCUT2D eigenvalue weighted by atomic mass is 9.95. The fourth-order valence-electron chi connectivity index (χ4n) is 4.71. The topological polar surface area (TPSA) is 76.6 Å². The molecule has 1 amide bonds. The number of amides is 1. The molecule has 5 rings (SSSR count). The van der Waals surface area contributed by atoms with Gasteiger partial charge in [-0.05, 0) is 29.6 Å². The van der Waals surface area contributed by atoms with E-state index in [-0.39, 0.29) is 36.4 Å². The third kappa shape index (κ3) is 5.00. The Kier molecular flexibility index (Phi) is 6.82. The molecule has 1 N–H and O–H groups in total. The molecule has 4 aromatic rings. The van der Waals surface area contributed by atoms with E-state index in [1.54, 1.807) is 28.6 Å². The molecule has 37 heavy (non-hydrogen) atoms. The first-order chi connectivity index (χ1) is 17.5. The van der Waals surface area contributed by atoms with Gasteiger partial charge in [0, 0.05) is 39.1 Å². The number of halogens is 2. The zero-order chi connectivity index (χ0) is 26.5. The van der Waals surface area contributed by atoms with Gasteiger partial charge < -0.3 is 23.9 Å². The van der Waals surface area contributed by atoms with E-state index in [0.29, 0.717) is 33.6 Å². The zero-order valence-corrected chi connectivity index (χ0v) is 23.0. The number of aromatic nitrogens is 2. The molecular formula is C26H29F2N3O4SSi. The van der Waals surface area contributed by atoms with Crippen molar-refractivity contribution in [2.45, 2.75) is 45.1 Å². The summed E-state index contributed by atoms with van der Waals surface area (Å²) in [6.45, 7) is 7.88. The number of hydrogen-bond acceptors (Lipinski definition) is 5. The summed E-state index contributed by atoms with van der Waals surface area (Å²) in [5.41, 5.74) is 1.88. The molecule has 7 nitrogen and oxygen atoms in total. The van der Waals surface area contributed by atoms with E-state index in [4.69, 9.17) is 9.47 Å². The van der Waals surface area contributed by atoms with Crippen LogP contribution in [-0.4, -0.2) is 48.7 Å². The fourth-order valence-corrected chi connectivity index (χ4v) is 6.30. The molecule has 196 valence electrons. The van der Waals surface area contributed by atoms with E-state index in [1.165, 1.54) is 18.2 Å². The van der Waals surface area contributed by atoms with Crippen LogP contribution in [0, 0.1) is 10.9 Å². The molecule has 0 bridgehead atoms. The molecule has 1 unspecified atom stereocenters. The number of pyridine rings is 1. The van der Waals surface area contributed by atoms with Gasteiger partial charge in [0.25, 0.3) is 11.5 Å². The van der Waals surface area contributed by atoms with E-state index in [0.717, 1.165) is 22.9 Å². The molecule has 0 saturated heterocycles. The van der Waals surface area contributed by atoms with Gasteiger partial charge in [-0.15, -0.1) is 11.3 Å². The molecule has 1 aliphatic heterocycles. The van der Waals surface area contributed by atoms with Gasteiger partial charge in [0.1, 0.15) is 18.2 Å². The van der Waals surface area contributed by atoms with E-state index in [1.807, 2.05) is 0 Å². The van der Waals surface area contributed by atoms with Gasteiger partial charge in [-0.3, -0.25) is 9.59 Å². The minimum absolute atomic E-state index is 0.131. The van der Waals surface area contributed by atoms with Crippen molar-refractivity contribution >= 4 is 46.3 Å². The molecule has 1 aliphatic rings. The molecule has 0 saturated carbocycles. The normalized spacial score (nSPS) is 15.9. The Bertz CT molecular complexity index is 1560. The van der Waals surface area contributed by atoms with E-state index >= 15 is 0 Å². The number of H-pyrrole nitrogens is 1. The van der Waals surface area contributed by atoms with Crippen molar-refractivity contribution in [1.82, 2.24) is 14.5 Å². The Hall–Kier alpha value is -2.86. The van der Waals surface area contributed by atoms with Gasteiger partial charge in [0.15, 0.2) is 5.13 Å². The monoisotopic (exact) mass is 545 g/mol. The van der Waals surface area contributed by atoms with Crippen LogP contribution >= 0.6 is 11.3 Å². The number of aromatic amines is 1. The van der Waals surface area contributed by atoms with Crippen LogP contribution in [-0.2, 0) is 22.8 Å². The molecule has 0 radical (unpaired) electrons. The molecule has 3 aromatic heterocycles. The van der Waals surface area contributed by atoms with Crippen molar-refractivity contribution in [3.63, 3.8) is 0 Å². The van der Waals surface area contributed by atoms with Gasteiger partial charge in [-0.1, -0.05) is 25.7 Å². The second-order valence-corrected chi connectivity index (χ2v) is 17.2. The lowest BCUT2D eigenvalue weighted by molar-refractivity contribution is 0.0318. The Morgan fingerprint density at radius 2 is 2.03 bits per heavy atom. The first kappa shape index (κ1) is 25.8. The second-order valence-electron chi connectivity index (χ2n) is 10.6. The molecule has 0 fully saturated rings. The van der Waals surface area contributed by atoms with Crippen molar-refractivity contribution in [2.24, 2.45) is 0 Å². The summed E-state index contributed by atoms with van der Waals surface area (Å²) in [5.74, 6) is -0.800. The summed E-state index contributed by atoms with van der Waals surface area (Å²) in [7, 11) is 0.372. The van der Waals surface area contributed by atoms with Gasteiger partial charge in [-0.2, -0.15) is 4.39 Å². The lowest BCUT2D eigenvalue weighted by Gasteiger charge is -2.34. The molecule has 1 atom stereocenters. The van der Waals surface area contributed by atoms with E-state index in [2.05, 4.69) is 24.6 Å². The minimum Gasteiger partial charge on any atom is -0.373 e. The summed E-state index contributed by atoms with van der Waals surface area (Å²) in [4.78, 5) is 30.8. The molecule has 0 spiro atoms. The largest absolute Gasteiger partial charge is 0.373 e. The highest BCUT2D eigenvalue weighted by Gasteiger charge is 2.32. The van der Waals surface area contributed by atoms with Crippen molar-refractivity contribution in [1.29, 1.82) is 0 Å². The van der Waals surface area contributed by atoms with Crippen LogP contribution < -0.4 is 5.56 Å². The Labute approximate surface area is 217 Å². The number of carbonyl (C=O) groups excluding carboxylic acids is 1. The average Bonchev–Trinajstić information content (AvgIpc) is 3.36. The van der Waals surface area contributed by atoms with Crippen molar-refractivity contribution in [3.05, 3.63) is 68.6 Å². The fraction of sp³-hybridized carbons (Fsp3) is 0.385. The molecular weight excluding hydrogens is 516 g/mol. The van der Waals surface area contributed by atoms with Crippen molar-refractivity contribution in [2.75, 3.05) is 20.3 Å². The summed E-state index contributed by atoms with van der Waals surface area (Å²) < 4.78 is 42.0. The van der Waals surface area contributed by atoms with E-state index in [9.17, 15) is 18.4 Å². The van der Waals surface area contributed by atoms with Crippen LogP contribution in [0.3, 0.4) is 0 Å². The number of rotatable bonds is 7. The van der Waals surface area contributed by atoms with Gasteiger partial charge in [-0.25, -0.2) is 4.39 Å². The third-order valence-corrected chi connectivity index (χ3v) is 9.31. The maximum absolute atomic E-state index is 14.0. The standard InChI is InChI=1S/C26H29F2N3O4SSi/c1-30(21-13-35-12-18-24(21)16-6-5-15(27)9-17(16)25(32)29-18)26(33)20-10-22-19(11-23(28)36-22)31(20)14-34-7-8-37(2,3)4/h5-6,9-11,21H,7-8,12-14H2,1-4H3,(H,29,32). The van der Waals surface area contributed by atoms with Gasteiger partial charge >= 0.3 is 0 Å². The number of carbonyl (C=O) groups is 1. The first-order valence-electron chi connectivity index (χ1n) is 12.1. The van der Waals surface area contributed by atoms with Crippen LogP contribution in [0.15, 0.2) is 35.1 Å². The molecule has 0 aliphatic carbocycles. The van der Waals surface area contributed by atoms with Crippen molar-refractivity contribution < 1.29 is 23.0 Å². The highest BCUT2D eigenvalue weighted by molar-refractivity contribution is 7.17. The maximum Gasteiger partial charge on any atom is 0.270 e. The number of benzene rings is 1. The van der Waals surface area contributed by atoms with E-state index < -0.39 is 25.5 Å². The third-order valence-electron chi connectivity index (χ3n) is 6.74. The van der Waals surface area contributed by atoms with Gasteiger partial charge in [0.2, 0.25) is 0 Å². The zero-order valence-electron chi connectivity index (χ0n) is 21.2. The Morgan fingerprint density at radius 1 is 1.24 bits per heavy atom. The number of nitrogens with one attached hydrogen (secondary N) is 1. The predicted octanol–water partition coefficient (Wildman–Crippen LogP) is 5.48. The summed E-state index contributed by atoms with van der Waals surface area (Å²) >= 11 is 0.982. The highest BCUT2D eigenvalue weighted by atomic mass is 32.1. The quantitative estimate of drug-likeness (QED) is 0.247. The number of nitrogens with zero attached hydrogens (tertiary/aromatic N) is 2. The average molecular weight is 546 g/mol. The van der Waals surface area contributed by atoms with Gasteiger partial charge in [0.05, 0.1) is 34.9 Å². The van der Waals surface area contributed by atoms with Crippen LogP contribution in [0.2, 0.25) is 25.7 Å². The van der Waals surface area contributed by atoms with Crippen LogP contribution in [0.25, 0.3) is 21.0 Å². The minimum atomic E-state index is -1.30. The predicted molar refractivity (Wildman–Crippen MR) is 143 cm³/mol. The molecule has 4 heterocycles. The lowest BCUT2D eigenvalue weighted by Crippen LogP contribution is -2.38. The first-order valence-corrected chi connectivity index (χ1v) is 16.6. The summed E-state index contributed by atoms with van der Waals surface area (Å²) in [5, 5.41) is 0.480. The van der Waals surface area contributed by atoms with Crippen molar-refractivity contribution in [3.8, 4) is 0 Å². The van der Waals surface area contributed by atoms with Crippen LogP contribution in [0.4, 0.5) is 8.78 Å². The maximum atomic E-state index is 14.0. The Balaban J connectivity index is 1.50. The molecule has 11 heteroatoms. The highest BCUT2D eigenvalue weighted by Crippen LogP contribution is 2.35. The number of fused-ring (bicyclic) bond motifs is 4. The second kappa shape index (κ2) is 9.79. The number of likely N-dealkylation sites (N-methyl/N-ethyl adjacent to an activating group) is 1. The van der Waals surface area contributed by atoms with Crippen LogP contribution in [0.1, 0.15) is 27.8 Å². The summed E-state index contributed by atoms with van der Waals surface area (Å²) in [6.07, 6.45) is 0. The Morgan fingerprint density at radius 3 is 2.78 bits per heavy atom. The molecule has 1 aromatic carbocycles. The SMILES string of the molecule is CN(C(=O)c1cc2sc(F)cc2n1COCC[Si](C)(C)C)C1COCc2[nH]c(=O)c3cc(F)ccc3c21. The summed E-state index contributed by atoms with van der Waals surface area (Å²) in [6, 6.07) is 7.64. The number of hydrogen-bond donors (Lipinski definition) is 1.